The number of hydrogen-bond donors (Lipinski definition) is 1. The smallest absolute Gasteiger partial charge is 0.345 e. The van der Waals surface area contributed by atoms with Crippen molar-refractivity contribution in [2.45, 2.75) is 31.3 Å². The Hall–Kier alpha value is -2.18. The van der Waals surface area contributed by atoms with Crippen LogP contribution in [-0.4, -0.2) is 41.6 Å². The lowest BCUT2D eigenvalue weighted by Crippen LogP contribution is -2.48. The third-order valence-electron chi connectivity index (χ3n) is 5.34. The number of carboxylic acids is 1. The zero-order chi connectivity index (χ0) is 18.1. The largest absolute Gasteiger partial charge is 0.477 e. The minimum absolute atomic E-state index is 0.138. The molecule has 1 N–H and O–H groups in total. The van der Waals surface area contributed by atoms with Gasteiger partial charge in [-0.1, -0.05) is 30.3 Å². The lowest BCUT2D eigenvalue weighted by atomic mass is 9.82. The molecule has 0 saturated carbocycles. The third-order valence-corrected chi connectivity index (χ3v) is 6.52. The van der Waals surface area contributed by atoms with E-state index in [2.05, 4.69) is 0 Å². The summed E-state index contributed by atoms with van der Waals surface area (Å²) >= 11 is 1.36. The van der Waals surface area contributed by atoms with Gasteiger partial charge in [0.25, 0.3) is 0 Å². The highest BCUT2D eigenvalue weighted by Crippen LogP contribution is 2.44. The van der Waals surface area contributed by atoms with Crippen LogP contribution in [0.2, 0.25) is 0 Å². The van der Waals surface area contributed by atoms with Gasteiger partial charge in [-0.05, 0) is 30.0 Å². The third kappa shape index (κ3) is 3.15. The zero-order valence-corrected chi connectivity index (χ0v) is 15.3. The van der Waals surface area contributed by atoms with Crippen molar-refractivity contribution in [3.63, 3.8) is 0 Å². The minimum atomic E-state index is -0.880. The highest BCUT2D eigenvalue weighted by Gasteiger charge is 2.43. The van der Waals surface area contributed by atoms with Crippen LogP contribution in [0.1, 0.15) is 38.5 Å². The second-order valence-corrected chi connectivity index (χ2v) is 8.03. The van der Waals surface area contributed by atoms with Gasteiger partial charge in [0.1, 0.15) is 4.88 Å². The summed E-state index contributed by atoms with van der Waals surface area (Å²) in [6, 6.07) is 11.6. The van der Waals surface area contributed by atoms with Gasteiger partial charge >= 0.3 is 5.97 Å². The summed E-state index contributed by atoms with van der Waals surface area (Å²) in [6.45, 7) is 1.90. The number of carboxylic acid groups (broad SMARTS) is 1. The molecule has 136 valence electrons. The normalized spacial score (nSPS) is 18.5. The lowest BCUT2D eigenvalue weighted by Gasteiger charge is -2.44. The van der Waals surface area contributed by atoms with E-state index in [4.69, 9.17) is 4.74 Å². The summed E-state index contributed by atoms with van der Waals surface area (Å²) < 4.78 is 6.15. The molecule has 2 aliphatic rings. The molecule has 3 heterocycles. The number of likely N-dealkylation sites (tertiary alicyclic amines) is 1. The van der Waals surface area contributed by atoms with Crippen molar-refractivity contribution >= 4 is 23.2 Å². The molecule has 26 heavy (non-hydrogen) atoms. The lowest BCUT2D eigenvalue weighted by molar-refractivity contribution is -0.139. The van der Waals surface area contributed by atoms with E-state index in [9.17, 15) is 14.7 Å². The van der Waals surface area contributed by atoms with Gasteiger partial charge in [-0.2, -0.15) is 0 Å². The van der Waals surface area contributed by atoms with Gasteiger partial charge in [0.15, 0.2) is 0 Å². The van der Waals surface area contributed by atoms with E-state index in [0.717, 1.165) is 35.3 Å². The Labute approximate surface area is 156 Å². The molecule has 1 amide bonds. The van der Waals surface area contributed by atoms with Crippen LogP contribution in [0.4, 0.5) is 0 Å². The second kappa shape index (κ2) is 6.85. The van der Waals surface area contributed by atoms with Gasteiger partial charge in [0, 0.05) is 24.4 Å². The first-order chi connectivity index (χ1) is 12.6. The predicted octanol–water partition coefficient (Wildman–Crippen LogP) is 3.08. The van der Waals surface area contributed by atoms with Crippen LogP contribution >= 0.6 is 11.3 Å². The number of thiophene rings is 1. The molecule has 6 heteroatoms. The molecule has 0 unspecified atom stereocenters. The molecule has 5 nitrogen and oxygen atoms in total. The number of rotatable bonds is 3. The molecule has 1 aromatic heterocycles. The SMILES string of the molecule is O=C(O)c1cc2c(s1)CCOC21CCN(C(=O)Cc2ccccc2)CC1. The number of piperidine rings is 1. The van der Waals surface area contributed by atoms with Gasteiger partial charge in [-0.15, -0.1) is 11.3 Å². The van der Waals surface area contributed by atoms with Crippen LogP contribution in [0.15, 0.2) is 36.4 Å². The van der Waals surface area contributed by atoms with Crippen LogP contribution in [0.3, 0.4) is 0 Å². The Morgan fingerprint density at radius 2 is 1.92 bits per heavy atom. The van der Waals surface area contributed by atoms with Gasteiger partial charge < -0.3 is 14.7 Å². The monoisotopic (exact) mass is 371 g/mol. The molecule has 2 aromatic rings. The Bertz CT molecular complexity index is 822. The van der Waals surface area contributed by atoms with Crippen molar-refractivity contribution in [3.8, 4) is 0 Å². The van der Waals surface area contributed by atoms with Gasteiger partial charge in [0.2, 0.25) is 5.91 Å². The fraction of sp³-hybridized carbons (Fsp3) is 0.400. The molecule has 4 rings (SSSR count). The van der Waals surface area contributed by atoms with Crippen LogP contribution < -0.4 is 0 Å². The highest BCUT2D eigenvalue weighted by atomic mass is 32.1. The first-order valence-corrected chi connectivity index (χ1v) is 9.71. The molecule has 1 spiro atoms. The van der Waals surface area contributed by atoms with E-state index in [0.29, 0.717) is 31.0 Å². The van der Waals surface area contributed by atoms with Crippen molar-refractivity contribution in [3.05, 3.63) is 57.3 Å². The number of carbonyl (C=O) groups is 2. The van der Waals surface area contributed by atoms with Gasteiger partial charge in [-0.25, -0.2) is 4.79 Å². The number of hydrogen-bond acceptors (Lipinski definition) is 4. The number of amides is 1. The predicted molar refractivity (Wildman–Crippen MR) is 98.6 cm³/mol. The number of benzene rings is 1. The van der Waals surface area contributed by atoms with E-state index in [1.807, 2.05) is 35.2 Å². The molecular formula is C20H21NO4S. The number of aromatic carboxylic acids is 1. The summed E-state index contributed by atoms with van der Waals surface area (Å²) in [7, 11) is 0. The molecule has 0 radical (unpaired) electrons. The van der Waals surface area contributed by atoms with Crippen molar-refractivity contribution in [2.24, 2.45) is 0 Å². The zero-order valence-electron chi connectivity index (χ0n) is 14.4. The van der Waals surface area contributed by atoms with E-state index >= 15 is 0 Å². The van der Waals surface area contributed by atoms with Crippen LogP contribution in [0.5, 0.6) is 0 Å². The fourth-order valence-corrected chi connectivity index (χ4v) is 5.01. The number of ether oxygens (including phenoxy) is 1. The average Bonchev–Trinajstić information content (AvgIpc) is 3.10. The number of fused-ring (bicyclic) bond motifs is 2. The van der Waals surface area contributed by atoms with Crippen molar-refractivity contribution < 1.29 is 19.4 Å². The molecule has 1 saturated heterocycles. The molecule has 1 aromatic carbocycles. The van der Waals surface area contributed by atoms with Gasteiger partial charge in [0.05, 0.1) is 18.6 Å². The number of carbonyl (C=O) groups excluding carboxylic acids is 1. The standard InChI is InChI=1S/C20H21NO4S/c22-18(12-14-4-2-1-3-5-14)21-9-7-20(8-10-21)15-13-17(19(23)24)26-16(15)6-11-25-20/h1-5,13H,6-12H2,(H,23,24). The Morgan fingerprint density at radius 1 is 1.19 bits per heavy atom. The summed E-state index contributed by atoms with van der Waals surface area (Å²) in [4.78, 5) is 27.3. The Morgan fingerprint density at radius 3 is 2.62 bits per heavy atom. The number of nitrogens with zero attached hydrogens (tertiary/aromatic N) is 1. The maximum Gasteiger partial charge on any atom is 0.345 e. The second-order valence-electron chi connectivity index (χ2n) is 6.89. The Balaban J connectivity index is 1.47. The molecule has 0 aliphatic carbocycles. The molecule has 2 aliphatic heterocycles. The maximum absolute atomic E-state index is 12.6. The highest BCUT2D eigenvalue weighted by molar-refractivity contribution is 7.14. The van der Waals surface area contributed by atoms with E-state index in [1.165, 1.54) is 11.3 Å². The topological polar surface area (TPSA) is 66.8 Å². The van der Waals surface area contributed by atoms with Crippen LogP contribution in [0, 0.1) is 0 Å². The van der Waals surface area contributed by atoms with Gasteiger partial charge in [-0.3, -0.25) is 4.79 Å². The Kier molecular flexibility index (Phi) is 4.54. The summed E-state index contributed by atoms with van der Waals surface area (Å²) in [6.07, 6.45) is 2.62. The first-order valence-electron chi connectivity index (χ1n) is 8.89. The molecule has 0 bridgehead atoms. The van der Waals surface area contributed by atoms with Crippen LogP contribution in [0.25, 0.3) is 0 Å². The molecular weight excluding hydrogens is 350 g/mol. The van der Waals surface area contributed by atoms with Crippen molar-refractivity contribution in [1.82, 2.24) is 4.90 Å². The van der Waals surface area contributed by atoms with E-state index < -0.39 is 11.6 Å². The maximum atomic E-state index is 12.6. The summed E-state index contributed by atoms with van der Waals surface area (Å²) in [5.41, 5.74) is 1.63. The summed E-state index contributed by atoms with van der Waals surface area (Å²) in [5.74, 6) is -0.742. The fourth-order valence-electron chi connectivity index (χ4n) is 3.94. The van der Waals surface area contributed by atoms with Crippen LogP contribution in [-0.2, 0) is 28.0 Å². The quantitative estimate of drug-likeness (QED) is 0.900. The van der Waals surface area contributed by atoms with E-state index in [1.54, 1.807) is 6.07 Å². The minimum Gasteiger partial charge on any atom is -0.477 e. The van der Waals surface area contributed by atoms with Crippen molar-refractivity contribution in [1.29, 1.82) is 0 Å². The first kappa shape index (κ1) is 17.2. The summed E-state index contributed by atoms with van der Waals surface area (Å²) in [5, 5.41) is 9.29. The van der Waals surface area contributed by atoms with E-state index in [-0.39, 0.29) is 5.91 Å². The molecule has 0 atom stereocenters. The molecule has 1 fully saturated rings. The average molecular weight is 371 g/mol. The van der Waals surface area contributed by atoms with Crippen molar-refractivity contribution in [2.75, 3.05) is 19.7 Å².